The lowest BCUT2D eigenvalue weighted by atomic mass is 9.87. The molecule has 0 saturated carbocycles. The molecule has 27 heavy (non-hydrogen) atoms. The van der Waals surface area contributed by atoms with E-state index in [9.17, 15) is 4.79 Å². The summed E-state index contributed by atoms with van der Waals surface area (Å²) in [5.74, 6) is 0.901. The smallest absolute Gasteiger partial charge is 0.251 e. The standard InChI is InChI=1S/C20H30N4O2.HI/c1-3-21-19(24-11-7-20(14-24)8-12-26-15-20)23-10-9-22-18(25)17-6-4-5-16(2)13-17;/h4-6,13H,3,7-12,14-15H2,1-2H3,(H,21,23)(H,22,25);1H. The van der Waals surface area contributed by atoms with Crippen molar-refractivity contribution < 1.29 is 9.53 Å². The number of halogens is 1. The summed E-state index contributed by atoms with van der Waals surface area (Å²) in [4.78, 5) is 19.2. The third-order valence-corrected chi connectivity index (χ3v) is 5.20. The number of hydrogen-bond acceptors (Lipinski definition) is 3. The number of aliphatic imine (C=N–C) groups is 1. The Bertz CT molecular complexity index is 659. The highest BCUT2D eigenvalue weighted by Gasteiger charge is 2.42. The van der Waals surface area contributed by atoms with E-state index in [1.807, 2.05) is 31.2 Å². The number of likely N-dealkylation sites (tertiary alicyclic amines) is 1. The second kappa shape index (κ2) is 10.3. The molecule has 1 unspecified atom stereocenters. The van der Waals surface area contributed by atoms with E-state index in [0.29, 0.717) is 24.1 Å². The van der Waals surface area contributed by atoms with Gasteiger partial charge in [0.05, 0.1) is 13.2 Å². The third-order valence-electron chi connectivity index (χ3n) is 5.20. The molecule has 0 aromatic heterocycles. The Balaban J connectivity index is 0.00000261. The number of amides is 1. The highest BCUT2D eigenvalue weighted by molar-refractivity contribution is 14.0. The maximum Gasteiger partial charge on any atom is 0.251 e. The normalized spacial score (nSPS) is 22.0. The van der Waals surface area contributed by atoms with E-state index >= 15 is 0 Å². The van der Waals surface area contributed by atoms with Gasteiger partial charge >= 0.3 is 0 Å². The van der Waals surface area contributed by atoms with Gasteiger partial charge in [-0.25, -0.2) is 0 Å². The summed E-state index contributed by atoms with van der Waals surface area (Å²) in [6, 6.07) is 7.63. The van der Waals surface area contributed by atoms with Gasteiger partial charge < -0.3 is 20.3 Å². The second-order valence-corrected chi connectivity index (χ2v) is 7.34. The van der Waals surface area contributed by atoms with Gasteiger partial charge in [0.2, 0.25) is 0 Å². The van der Waals surface area contributed by atoms with Crippen LogP contribution in [0.25, 0.3) is 0 Å². The molecule has 2 aliphatic heterocycles. The molecule has 0 aliphatic carbocycles. The van der Waals surface area contributed by atoms with Gasteiger partial charge in [0.25, 0.3) is 5.91 Å². The molecule has 0 bridgehead atoms. The largest absolute Gasteiger partial charge is 0.381 e. The van der Waals surface area contributed by atoms with Crippen molar-refractivity contribution in [1.82, 2.24) is 15.5 Å². The van der Waals surface area contributed by atoms with Crippen molar-refractivity contribution in [2.75, 3.05) is 45.9 Å². The fourth-order valence-electron chi connectivity index (χ4n) is 3.73. The summed E-state index contributed by atoms with van der Waals surface area (Å²) in [5, 5.41) is 6.33. The first-order valence-electron chi connectivity index (χ1n) is 9.58. The number of guanidine groups is 1. The Morgan fingerprint density at radius 2 is 2.19 bits per heavy atom. The van der Waals surface area contributed by atoms with Crippen molar-refractivity contribution in [2.24, 2.45) is 10.4 Å². The number of carbonyl (C=O) groups is 1. The maximum absolute atomic E-state index is 12.2. The highest BCUT2D eigenvalue weighted by atomic mass is 127. The van der Waals surface area contributed by atoms with Crippen molar-refractivity contribution in [3.05, 3.63) is 35.4 Å². The highest BCUT2D eigenvalue weighted by Crippen LogP contribution is 2.38. The molecular formula is C20H31IN4O2. The fourth-order valence-corrected chi connectivity index (χ4v) is 3.73. The molecule has 7 heteroatoms. The van der Waals surface area contributed by atoms with E-state index in [1.165, 1.54) is 6.42 Å². The van der Waals surface area contributed by atoms with Gasteiger partial charge in [0.1, 0.15) is 0 Å². The number of aryl methyl sites for hydroxylation is 1. The van der Waals surface area contributed by atoms with Crippen LogP contribution in [-0.4, -0.2) is 62.7 Å². The van der Waals surface area contributed by atoms with Crippen molar-refractivity contribution in [3.8, 4) is 0 Å². The number of nitrogens with zero attached hydrogens (tertiary/aromatic N) is 2. The van der Waals surface area contributed by atoms with Crippen LogP contribution < -0.4 is 10.6 Å². The molecule has 6 nitrogen and oxygen atoms in total. The van der Waals surface area contributed by atoms with Crippen LogP contribution in [0, 0.1) is 12.3 Å². The average molecular weight is 486 g/mol. The van der Waals surface area contributed by atoms with Gasteiger partial charge in [-0.3, -0.25) is 9.79 Å². The van der Waals surface area contributed by atoms with Gasteiger partial charge in [-0.15, -0.1) is 24.0 Å². The van der Waals surface area contributed by atoms with Gasteiger partial charge in [-0.2, -0.15) is 0 Å². The molecule has 0 radical (unpaired) electrons. The van der Waals surface area contributed by atoms with Gasteiger partial charge in [0.15, 0.2) is 5.96 Å². The quantitative estimate of drug-likeness (QED) is 0.291. The molecule has 1 atom stereocenters. The number of nitrogens with one attached hydrogen (secondary N) is 2. The topological polar surface area (TPSA) is 66.0 Å². The Kier molecular flexibility index (Phi) is 8.34. The van der Waals surface area contributed by atoms with Crippen molar-refractivity contribution in [1.29, 1.82) is 0 Å². The van der Waals surface area contributed by atoms with E-state index in [1.54, 1.807) is 0 Å². The van der Waals surface area contributed by atoms with Crippen molar-refractivity contribution >= 4 is 35.8 Å². The number of carbonyl (C=O) groups excluding carboxylic acids is 1. The summed E-state index contributed by atoms with van der Waals surface area (Å²) in [7, 11) is 0. The molecule has 2 N–H and O–H groups in total. The second-order valence-electron chi connectivity index (χ2n) is 7.34. The van der Waals surface area contributed by atoms with Gasteiger partial charge in [-0.1, -0.05) is 17.7 Å². The number of ether oxygens (including phenoxy) is 1. The monoisotopic (exact) mass is 486 g/mol. The summed E-state index contributed by atoms with van der Waals surface area (Å²) in [5.41, 5.74) is 2.10. The van der Waals surface area contributed by atoms with Gasteiger partial charge in [-0.05, 0) is 38.8 Å². The summed E-state index contributed by atoms with van der Waals surface area (Å²) in [6.07, 6.45) is 2.32. The van der Waals surface area contributed by atoms with Crippen molar-refractivity contribution in [2.45, 2.75) is 26.7 Å². The molecule has 2 heterocycles. The first-order chi connectivity index (χ1) is 12.6. The van der Waals surface area contributed by atoms with Crippen LogP contribution in [0.5, 0.6) is 0 Å². The molecule has 1 aromatic carbocycles. The van der Waals surface area contributed by atoms with Crippen LogP contribution in [-0.2, 0) is 4.74 Å². The third kappa shape index (κ3) is 5.81. The van der Waals surface area contributed by atoms with E-state index in [2.05, 4.69) is 22.5 Å². The van der Waals surface area contributed by atoms with Crippen LogP contribution in [0.1, 0.15) is 35.7 Å². The van der Waals surface area contributed by atoms with E-state index < -0.39 is 0 Å². The minimum Gasteiger partial charge on any atom is -0.381 e. The molecule has 2 saturated heterocycles. The zero-order chi connectivity index (χ0) is 18.4. The first kappa shape index (κ1) is 21.9. The van der Waals surface area contributed by atoms with Crippen LogP contribution >= 0.6 is 24.0 Å². The van der Waals surface area contributed by atoms with E-state index in [0.717, 1.165) is 50.8 Å². The lowest BCUT2D eigenvalue weighted by Gasteiger charge is -2.25. The van der Waals surface area contributed by atoms with E-state index in [4.69, 9.17) is 9.73 Å². The first-order valence-corrected chi connectivity index (χ1v) is 9.58. The molecule has 1 spiro atoms. The zero-order valence-corrected chi connectivity index (χ0v) is 18.6. The Morgan fingerprint density at radius 1 is 1.33 bits per heavy atom. The SMILES string of the molecule is CCNC(=NCCNC(=O)c1cccc(C)c1)N1CCC2(CCOC2)C1.I. The summed E-state index contributed by atoms with van der Waals surface area (Å²) < 4.78 is 5.61. The molecule has 2 fully saturated rings. The zero-order valence-electron chi connectivity index (χ0n) is 16.3. The molecular weight excluding hydrogens is 455 g/mol. The lowest BCUT2D eigenvalue weighted by molar-refractivity contribution is 0.0954. The lowest BCUT2D eigenvalue weighted by Crippen LogP contribution is -2.42. The fraction of sp³-hybridized carbons (Fsp3) is 0.600. The molecule has 3 rings (SSSR count). The maximum atomic E-state index is 12.2. The minimum absolute atomic E-state index is 0. The Hall–Kier alpha value is -1.35. The average Bonchev–Trinajstić information content (AvgIpc) is 3.27. The molecule has 1 amide bonds. The predicted octanol–water partition coefficient (Wildman–Crippen LogP) is 2.42. The van der Waals surface area contributed by atoms with Gasteiger partial charge in [0, 0.05) is 43.8 Å². The number of benzene rings is 1. The van der Waals surface area contributed by atoms with Crippen LogP contribution in [0.3, 0.4) is 0 Å². The van der Waals surface area contributed by atoms with Crippen LogP contribution in [0.4, 0.5) is 0 Å². The molecule has 1 aromatic rings. The van der Waals surface area contributed by atoms with E-state index in [-0.39, 0.29) is 29.9 Å². The molecule has 2 aliphatic rings. The summed E-state index contributed by atoms with van der Waals surface area (Å²) in [6.45, 7) is 9.79. The number of rotatable bonds is 5. The van der Waals surface area contributed by atoms with Crippen LogP contribution in [0.15, 0.2) is 29.3 Å². The summed E-state index contributed by atoms with van der Waals surface area (Å²) >= 11 is 0. The van der Waals surface area contributed by atoms with Crippen LogP contribution in [0.2, 0.25) is 0 Å². The van der Waals surface area contributed by atoms with Crippen molar-refractivity contribution in [3.63, 3.8) is 0 Å². The molecule has 150 valence electrons. The Labute approximate surface area is 179 Å². The number of hydrogen-bond donors (Lipinski definition) is 2. The minimum atomic E-state index is -0.0443. The predicted molar refractivity (Wildman–Crippen MR) is 119 cm³/mol. The Morgan fingerprint density at radius 3 is 2.89 bits per heavy atom.